The maximum atomic E-state index is 6.07. The van der Waals surface area contributed by atoms with Gasteiger partial charge in [0, 0.05) is 12.2 Å². The molecule has 92 valence electrons. The molecule has 2 heterocycles. The van der Waals surface area contributed by atoms with E-state index in [1.807, 2.05) is 6.07 Å². The Labute approximate surface area is 112 Å². The van der Waals surface area contributed by atoms with E-state index in [2.05, 4.69) is 48.0 Å². The summed E-state index contributed by atoms with van der Waals surface area (Å²) in [5.74, 6) is 1.02. The topological polar surface area (TPSA) is 16.1 Å². The van der Waals surface area contributed by atoms with Gasteiger partial charge in [0.1, 0.15) is 11.0 Å². The molecule has 0 fully saturated rings. The van der Waals surface area contributed by atoms with E-state index in [0.717, 1.165) is 18.8 Å². The average Bonchev–Trinajstić information content (AvgIpc) is 2.74. The summed E-state index contributed by atoms with van der Waals surface area (Å²) in [5.41, 5.74) is 5.02. The van der Waals surface area contributed by atoms with Crippen LogP contribution in [0.25, 0.3) is 0 Å². The molecule has 0 amide bonds. The molecule has 18 heavy (non-hydrogen) atoms. The number of halogens is 1. The minimum Gasteiger partial charge on any atom is -0.326 e. The molecule has 1 aromatic heterocycles. The Hall–Kier alpha value is -1.54. The molecule has 2 nitrogen and oxygen atoms in total. The van der Waals surface area contributed by atoms with Crippen molar-refractivity contribution in [3.05, 3.63) is 52.2 Å². The van der Waals surface area contributed by atoms with E-state index < -0.39 is 0 Å². The Morgan fingerprint density at radius 2 is 1.89 bits per heavy atom. The Kier molecular flexibility index (Phi) is 2.75. The van der Waals surface area contributed by atoms with E-state index >= 15 is 0 Å². The maximum Gasteiger partial charge on any atom is 0.138 e. The molecule has 0 N–H and O–H groups in total. The number of aryl methyl sites for hydroxylation is 2. The summed E-state index contributed by atoms with van der Waals surface area (Å²) in [6, 6.07) is 10.5. The van der Waals surface area contributed by atoms with Gasteiger partial charge in [-0.2, -0.15) is 0 Å². The number of benzene rings is 1. The summed E-state index contributed by atoms with van der Waals surface area (Å²) in [6.07, 6.45) is 1.04. The summed E-state index contributed by atoms with van der Waals surface area (Å²) >= 11 is 6.07. The summed E-state index contributed by atoms with van der Waals surface area (Å²) in [4.78, 5) is 6.73. The lowest BCUT2D eigenvalue weighted by Crippen LogP contribution is -2.14. The lowest BCUT2D eigenvalue weighted by atomic mass is 10.1. The molecule has 3 heteroatoms. The predicted octanol–water partition coefficient (Wildman–Crippen LogP) is 4.05. The van der Waals surface area contributed by atoms with E-state index in [9.17, 15) is 0 Å². The number of aromatic nitrogens is 1. The monoisotopic (exact) mass is 258 g/mol. The van der Waals surface area contributed by atoms with Crippen LogP contribution in [0.15, 0.2) is 30.3 Å². The number of rotatable bonds is 1. The minimum atomic E-state index is 0.574. The van der Waals surface area contributed by atoms with E-state index in [1.165, 1.54) is 22.4 Å². The average molecular weight is 259 g/mol. The van der Waals surface area contributed by atoms with Gasteiger partial charge in [0.2, 0.25) is 0 Å². The molecular formula is C15H15ClN2. The van der Waals surface area contributed by atoms with Crippen LogP contribution in [0.5, 0.6) is 0 Å². The SMILES string of the molecule is Cc1ccc(N2CCc3c(C)cc(Cl)nc32)cc1. The second-order valence-corrected chi connectivity index (χ2v) is 5.19. The highest BCUT2D eigenvalue weighted by Gasteiger charge is 2.23. The maximum absolute atomic E-state index is 6.07. The molecule has 1 aliphatic rings. The molecule has 0 atom stereocenters. The van der Waals surface area contributed by atoms with E-state index in [-0.39, 0.29) is 0 Å². The molecule has 0 aliphatic carbocycles. The van der Waals surface area contributed by atoms with Gasteiger partial charge in [0.05, 0.1) is 0 Å². The van der Waals surface area contributed by atoms with E-state index in [0.29, 0.717) is 5.15 Å². The van der Waals surface area contributed by atoms with Crippen molar-refractivity contribution in [3.8, 4) is 0 Å². The molecule has 1 aromatic carbocycles. The first kappa shape index (κ1) is 11.5. The largest absolute Gasteiger partial charge is 0.326 e. The number of fused-ring (bicyclic) bond motifs is 1. The zero-order valence-corrected chi connectivity index (χ0v) is 11.3. The fourth-order valence-electron chi connectivity index (χ4n) is 2.48. The van der Waals surface area contributed by atoms with Gasteiger partial charge in [0.25, 0.3) is 0 Å². The van der Waals surface area contributed by atoms with Crippen LogP contribution in [-0.4, -0.2) is 11.5 Å². The smallest absolute Gasteiger partial charge is 0.138 e. The highest BCUT2D eigenvalue weighted by Crippen LogP contribution is 2.35. The fraction of sp³-hybridized carbons (Fsp3) is 0.267. The second-order valence-electron chi connectivity index (χ2n) is 4.80. The third-order valence-corrected chi connectivity index (χ3v) is 3.67. The quantitative estimate of drug-likeness (QED) is 0.718. The van der Waals surface area contributed by atoms with Crippen molar-refractivity contribution in [1.29, 1.82) is 0 Å². The second kappa shape index (κ2) is 4.29. The van der Waals surface area contributed by atoms with Gasteiger partial charge in [-0.05, 0) is 49.6 Å². The Morgan fingerprint density at radius 1 is 1.17 bits per heavy atom. The third-order valence-electron chi connectivity index (χ3n) is 3.48. The van der Waals surface area contributed by atoms with Crippen molar-refractivity contribution in [3.63, 3.8) is 0 Å². The molecular weight excluding hydrogens is 244 g/mol. The fourth-order valence-corrected chi connectivity index (χ4v) is 2.72. The van der Waals surface area contributed by atoms with Gasteiger partial charge in [-0.25, -0.2) is 4.98 Å². The predicted molar refractivity (Wildman–Crippen MR) is 75.9 cm³/mol. The van der Waals surface area contributed by atoms with E-state index in [4.69, 9.17) is 11.6 Å². The number of anilines is 2. The molecule has 0 bridgehead atoms. The zero-order valence-electron chi connectivity index (χ0n) is 10.6. The standard InChI is InChI=1S/C15H15ClN2/c1-10-3-5-12(6-4-10)18-8-7-13-11(2)9-14(16)17-15(13)18/h3-6,9H,7-8H2,1-2H3. The van der Waals surface area contributed by atoms with Gasteiger partial charge < -0.3 is 4.90 Å². The van der Waals surface area contributed by atoms with Crippen LogP contribution >= 0.6 is 11.6 Å². The molecule has 3 rings (SSSR count). The third kappa shape index (κ3) is 1.87. The van der Waals surface area contributed by atoms with Gasteiger partial charge in [-0.3, -0.25) is 0 Å². The van der Waals surface area contributed by atoms with Crippen molar-refractivity contribution in [1.82, 2.24) is 4.98 Å². The highest BCUT2D eigenvalue weighted by atomic mass is 35.5. The number of pyridine rings is 1. The molecule has 0 unspecified atom stereocenters. The van der Waals surface area contributed by atoms with Crippen LogP contribution in [0.2, 0.25) is 5.15 Å². The summed E-state index contributed by atoms with van der Waals surface area (Å²) in [6.45, 7) is 5.18. The van der Waals surface area contributed by atoms with E-state index in [1.54, 1.807) is 0 Å². The van der Waals surface area contributed by atoms with Crippen LogP contribution in [0.1, 0.15) is 16.7 Å². The minimum absolute atomic E-state index is 0.574. The molecule has 2 aromatic rings. The number of hydrogen-bond donors (Lipinski definition) is 0. The van der Waals surface area contributed by atoms with Crippen molar-refractivity contribution in [2.24, 2.45) is 0 Å². The number of hydrogen-bond acceptors (Lipinski definition) is 2. The highest BCUT2D eigenvalue weighted by molar-refractivity contribution is 6.29. The Bertz CT molecular complexity index is 590. The molecule has 0 spiro atoms. The first-order valence-electron chi connectivity index (χ1n) is 6.15. The van der Waals surface area contributed by atoms with Crippen molar-refractivity contribution in [2.75, 3.05) is 11.4 Å². The molecule has 0 saturated heterocycles. The lowest BCUT2D eigenvalue weighted by Gasteiger charge is -2.19. The van der Waals surface area contributed by atoms with Crippen molar-refractivity contribution < 1.29 is 0 Å². The van der Waals surface area contributed by atoms with Gasteiger partial charge in [0.15, 0.2) is 0 Å². The first-order valence-corrected chi connectivity index (χ1v) is 6.53. The molecule has 0 radical (unpaired) electrons. The van der Waals surface area contributed by atoms with Crippen molar-refractivity contribution >= 4 is 23.1 Å². The first-order chi connectivity index (χ1) is 8.65. The normalized spacial score (nSPS) is 13.8. The van der Waals surface area contributed by atoms with Crippen LogP contribution in [0, 0.1) is 13.8 Å². The zero-order chi connectivity index (χ0) is 12.7. The molecule has 1 aliphatic heterocycles. The van der Waals surface area contributed by atoms with Crippen molar-refractivity contribution in [2.45, 2.75) is 20.3 Å². The number of nitrogens with zero attached hydrogens (tertiary/aromatic N) is 2. The Morgan fingerprint density at radius 3 is 2.61 bits per heavy atom. The lowest BCUT2D eigenvalue weighted by molar-refractivity contribution is 0.987. The summed E-state index contributed by atoms with van der Waals surface area (Å²) < 4.78 is 0. The van der Waals surface area contributed by atoms with Gasteiger partial charge in [-0.1, -0.05) is 29.3 Å². The van der Waals surface area contributed by atoms with Crippen LogP contribution in [-0.2, 0) is 6.42 Å². The summed E-state index contributed by atoms with van der Waals surface area (Å²) in [5, 5.41) is 0.574. The van der Waals surface area contributed by atoms with Crippen LogP contribution in [0.3, 0.4) is 0 Å². The van der Waals surface area contributed by atoms with Gasteiger partial charge in [-0.15, -0.1) is 0 Å². The summed E-state index contributed by atoms with van der Waals surface area (Å²) in [7, 11) is 0. The Balaban J connectivity index is 2.07. The van der Waals surface area contributed by atoms with Crippen LogP contribution in [0.4, 0.5) is 11.5 Å². The van der Waals surface area contributed by atoms with Gasteiger partial charge >= 0.3 is 0 Å². The molecule has 0 saturated carbocycles. The van der Waals surface area contributed by atoms with Crippen LogP contribution < -0.4 is 4.90 Å².